The highest BCUT2D eigenvalue weighted by atomic mass is 35.5. The highest BCUT2D eigenvalue weighted by molar-refractivity contribution is 6.35. The summed E-state index contributed by atoms with van der Waals surface area (Å²) in [5, 5.41) is 1.21. The number of Topliss-reactive ketones (excluding diaryl/α,β-unsaturated/α-hetero) is 1. The number of fused-ring (bicyclic) bond motifs is 3. The molecule has 0 saturated carbocycles. The van der Waals surface area contributed by atoms with Crippen LogP contribution in [0.2, 0.25) is 10.0 Å². The van der Waals surface area contributed by atoms with E-state index in [-0.39, 0.29) is 11.5 Å². The van der Waals surface area contributed by atoms with Gasteiger partial charge in [0.05, 0.1) is 11.1 Å². The van der Waals surface area contributed by atoms with E-state index in [2.05, 4.69) is 4.90 Å². The van der Waals surface area contributed by atoms with Crippen LogP contribution < -0.4 is 9.47 Å². The molecule has 0 spiro atoms. The van der Waals surface area contributed by atoms with Gasteiger partial charge in [-0.25, -0.2) is 0 Å². The van der Waals surface area contributed by atoms with E-state index in [0.29, 0.717) is 46.9 Å². The average Bonchev–Trinajstić information content (AvgIpc) is 3.28. The lowest BCUT2D eigenvalue weighted by molar-refractivity contribution is 0.0872. The van der Waals surface area contributed by atoms with Crippen LogP contribution in [-0.2, 0) is 13.1 Å². The molecule has 5 nitrogen and oxygen atoms in total. The second-order valence-electron chi connectivity index (χ2n) is 7.76. The Morgan fingerprint density at radius 2 is 1.97 bits per heavy atom. The van der Waals surface area contributed by atoms with Gasteiger partial charge in [-0.05, 0) is 55.3 Å². The first kappa shape index (κ1) is 20.2. The van der Waals surface area contributed by atoms with Crippen molar-refractivity contribution in [3.05, 3.63) is 86.0 Å². The minimum atomic E-state index is -0.151. The second-order valence-corrected chi connectivity index (χ2v) is 8.60. The lowest BCUT2D eigenvalue weighted by atomic mass is 9.98. The molecule has 5 rings (SSSR count). The van der Waals surface area contributed by atoms with Crippen LogP contribution in [0.3, 0.4) is 0 Å². The molecule has 0 N–H and O–H groups in total. The van der Waals surface area contributed by atoms with Crippen LogP contribution in [0.4, 0.5) is 0 Å². The van der Waals surface area contributed by atoms with E-state index >= 15 is 0 Å². The van der Waals surface area contributed by atoms with E-state index in [4.69, 9.17) is 37.1 Å². The molecule has 31 heavy (non-hydrogen) atoms. The Morgan fingerprint density at radius 3 is 2.71 bits per heavy atom. The van der Waals surface area contributed by atoms with Crippen LogP contribution in [0.1, 0.15) is 38.6 Å². The van der Waals surface area contributed by atoms with Crippen molar-refractivity contribution in [1.82, 2.24) is 4.90 Å². The fraction of sp³-hybridized carbons (Fsp3) is 0.208. The van der Waals surface area contributed by atoms with Crippen molar-refractivity contribution in [2.45, 2.75) is 26.9 Å². The van der Waals surface area contributed by atoms with Crippen LogP contribution in [0.15, 0.2) is 46.6 Å². The third kappa shape index (κ3) is 3.74. The first-order chi connectivity index (χ1) is 14.9. The van der Waals surface area contributed by atoms with E-state index < -0.39 is 0 Å². The molecule has 0 unspecified atom stereocenters. The Balaban J connectivity index is 1.46. The number of hydrogen-bond donors (Lipinski definition) is 0. The maximum atomic E-state index is 13.0. The predicted octanol–water partition coefficient (Wildman–Crippen LogP) is 6.17. The van der Waals surface area contributed by atoms with Gasteiger partial charge in [0.2, 0.25) is 5.78 Å². The number of benzene rings is 2. The van der Waals surface area contributed by atoms with E-state index in [1.165, 1.54) is 0 Å². The predicted molar refractivity (Wildman–Crippen MR) is 119 cm³/mol. The zero-order valence-electron chi connectivity index (χ0n) is 17.0. The topological polar surface area (TPSA) is 51.9 Å². The van der Waals surface area contributed by atoms with Gasteiger partial charge in [0.15, 0.2) is 5.76 Å². The summed E-state index contributed by atoms with van der Waals surface area (Å²) in [5.41, 5.74) is 3.20. The quantitative estimate of drug-likeness (QED) is 0.441. The molecule has 0 fully saturated rings. The van der Waals surface area contributed by atoms with E-state index in [9.17, 15) is 4.79 Å². The molecule has 0 saturated heterocycles. The molecule has 0 radical (unpaired) electrons. The lowest BCUT2D eigenvalue weighted by Crippen LogP contribution is -2.32. The molecule has 2 aromatic carbocycles. The highest BCUT2D eigenvalue weighted by Gasteiger charge is 2.35. The first-order valence-corrected chi connectivity index (χ1v) is 10.6. The standard InChI is InChI=1S/C24H19Cl2NO4/c1-13-7-20-18(11-27(12-29-20)10-15-4-5-16(25)8-19(15)26)24-22(13)23(28)21(31-24)9-17-6-3-14(2)30-17/h3-9H,10-12H2,1-2H3/b21-9-. The number of ketones is 1. The van der Waals surface area contributed by atoms with Crippen LogP contribution in [0.5, 0.6) is 11.5 Å². The molecule has 158 valence electrons. The summed E-state index contributed by atoms with van der Waals surface area (Å²) < 4.78 is 17.6. The SMILES string of the molecule is Cc1ccc(/C=C2\Oc3c4c(cc(C)c3C2=O)OCN(Cc2ccc(Cl)cc2Cl)C4)o1. The number of rotatable bonds is 3. The van der Waals surface area contributed by atoms with Crippen LogP contribution in [0.25, 0.3) is 6.08 Å². The van der Waals surface area contributed by atoms with E-state index in [1.807, 2.05) is 44.2 Å². The summed E-state index contributed by atoms with van der Waals surface area (Å²) in [6.45, 7) is 5.31. The van der Waals surface area contributed by atoms with Crippen molar-refractivity contribution >= 4 is 35.1 Å². The smallest absolute Gasteiger partial charge is 0.232 e. The molecular formula is C24H19Cl2NO4. The molecule has 3 heterocycles. The number of allylic oxidation sites excluding steroid dienone is 1. The van der Waals surface area contributed by atoms with Gasteiger partial charge < -0.3 is 13.9 Å². The minimum absolute atomic E-state index is 0.151. The average molecular weight is 456 g/mol. The lowest BCUT2D eigenvalue weighted by Gasteiger charge is -2.30. The molecule has 0 amide bonds. The Kier molecular flexibility index (Phi) is 5.05. The summed E-state index contributed by atoms with van der Waals surface area (Å²) in [7, 11) is 0. The molecule has 0 bridgehead atoms. The Morgan fingerprint density at radius 1 is 1.13 bits per heavy atom. The van der Waals surface area contributed by atoms with Crippen molar-refractivity contribution < 1.29 is 18.7 Å². The molecule has 3 aromatic rings. The van der Waals surface area contributed by atoms with Crippen LogP contribution in [-0.4, -0.2) is 17.4 Å². The first-order valence-electron chi connectivity index (χ1n) is 9.85. The number of ether oxygens (including phenoxy) is 2. The molecule has 2 aliphatic rings. The number of nitrogens with zero attached hydrogens (tertiary/aromatic N) is 1. The zero-order valence-corrected chi connectivity index (χ0v) is 18.5. The molecule has 7 heteroatoms. The molecule has 2 aliphatic heterocycles. The van der Waals surface area contributed by atoms with E-state index in [0.717, 1.165) is 28.2 Å². The number of halogens is 2. The van der Waals surface area contributed by atoms with Crippen LogP contribution in [0, 0.1) is 13.8 Å². The number of aryl methyl sites for hydroxylation is 2. The monoisotopic (exact) mass is 455 g/mol. The maximum Gasteiger partial charge on any atom is 0.232 e. The van der Waals surface area contributed by atoms with E-state index in [1.54, 1.807) is 12.1 Å². The summed E-state index contributed by atoms with van der Waals surface area (Å²) in [6.07, 6.45) is 1.64. The fourth-order valence-corrected chi connectivity index (χ4v) is 4.40. The molecule has 1 aromatic heterocycles. The number of carbonyl (C=O) groups excluding carboxylic acids is 1. The molecule has 0 aliphatic carbocycles. The van der Waals surface area contributed by atoms with Gasteiger partial charge >= 0.3 is 0 Å². The summed E-state index contributed by atoms with van der Waals surface area (Å²) in [5.74, 6) is 2.74. The Labute approximate surface area is 189 Å². The summed E-state index contributed by atoms with van der Waals surface area (Å²) in [6, 6.07) is 11.0. The van der Waals surface area contributed by atoms with Crippen molar-refractivity contribution in [1.29, 1.82) is 0 Å². The number of hydrogen-bond acceptors (Lipinski definition) is 5. The minimum Gasteiger partial charge on any atom is -0.478 e. The number of furan rings is 1. The summed E-state index contributed by atoms with van der Waals surface area (Å²) >= 11 is 12.4. The highest BCUT2D eigenvalue weighted by Crippen LogP contribution is 2.44. The van der Waals surface area contributed by atoms with Gasteiger partial charge in [0.25, 0.3) is 0 Å². The van der Waals surface area contributed by atoms with Gasteiger partial charge in [-0.15, -0.1) is 0 Å². The molecular weight excluding hydrogens is 437 g/mol. The third-order valence-electron chi connectivity index (χ3n) is 5.43. The molecule has 0 atom stereocenters. The second kappa shape index (κ2) is 7.75. The Hall–Kier alpha value is -2.73. The van der Waals surface area contributed by atoms with Crippen LogP contribution >= 0.6 is 23.2 Å². The van der Waals surface area contributed by atoms with Crippen molar-refractivity contribution in [2.75, 3.05) is 6.73 Å². The normalized spacial score (nSPS) is 16.8. The van der Waals surface area contributed by atoms with Gasteiger partial charge in [-0.2, -0.15) is 0 Å². The van der Waals surface area contributed by atoms with Gasteiger partial charge in [-0.1, -0.05) is 29.3 Å². The summed E-state index contributed by atoms with van der Waals surface area (Å²) in [4.78, 5) is 15.1. The zero-order chi connectivity index (χ0) is 21.7. The van der Waals surface area contributed by atoms with Crippen molar-refractivity contribution in [3.63, 3.8) is 0 Å². The largest absolute Gasteiger partial charge is 0.478 e. The fourth-order valence-electron chi connectivity index (χ4n) is 3.93. The Bertz CT molecular complexity index is 1240. The third-order valence-corrected chi connectivity index (χ3v) is 6.02. The van der Waals surface area contributed by atoms with Gasteiger partial charge in [0, 0.05) is 29.2 Å². The van der Waals surface area contributed by atoms with Gasteiger partial charge in [0.1, 0.15) is 29.8 Å². The van der Waals surface area contributed by atoms with Crippen molar-refractivity contribution in [2.24, 2.45) is 0 Å². The van der Waals surface area contributed by atoms with Crippen molar-refractivity contribution in [3.8, 4) is 11.5 Å². The van der Waals surface area contributed by atoms with Gasteiger partial charge in [-0.3, -0.25) is 9.69 Å². The maximum absolute atomic E-state index is 13.0. The number of carbonyl (C=O) groups is 1.